The Balaban J connectivity index is 4.00. The predicted octanol–water partition coefficient (Wildman–Crippen LogP) is 2.88. The van der Waals surface area contributed by atoms with Gasteiger partial charge in [-0.3, -0.25) is 4.79 Å². The van der Waals surface area contributed by atoms with Crippen molar-refractivity contribution in [2.24, 2.45) is 0 Å². The summed E-state index contributed by atoms with van der Waals surface area (Å²) >= 11 is 0. The molecule has 1 nitrogen and oxygen atoms in total. The van der Waals surface area contributed by atoms with Gasteiger partial charge in [0.2, 0.25) is 0 Å². The quantitative estimate of drug-likeness (QED) is 0.449. The first-order valence-electron chi connectivity index (χ1n) is 3.87. The summed E-state index contributed by atoms with van der Waals surface area (Å²) < 4.78 is 0. The fourth-order valence-electron chi connectivity index (χ4n) is 0.619. The summed E-state index contributed by atoms with van der Waals surface area (Å²) in [4.78, 5) is 11.2. The summed E-state index contributed by atoms with van der Waals surface area (Å²) in [6.45, 7) is 7.73. The minimum atomic E-state index is 0.216. The van der Waals surface area contributed by atoms with Crippen LogP contribution < -0.4 is 0 Å². The topological polar surface area (TPSA) is 17.1 Å². The smallest absolute Gasteiger partial charge is 0.162 e. The first-order valence-corrected chi connectivity index (χ1v) is 3.87. The molecule has 0 saturated heterocycles. The zero-order chi connectivity index (χ0) is 8.85. The van der Waals surface area contributed by atoms with Crippen molar-refractivity contribution in [3.8, 4) is 0 Å². The van der Waals surface area contributed by atoms with Crippen molar-refractivity contribution in [1.29, 1.82) is 0 Å². The van der Waals surface area contributed by atoms with Gasteiger partial charge in [-0.2, -0.15) is 0 Å². The van der Waals surface area contributed by atoms with Crippen LogP contribution in [-0.4, -0.2) is 5.78 Å². The molecule has 0 aliphatic carbocycles. The highest BCUT2D eigenvalue weighted by atomic mass is 16.1. The number of hydrogen-bond donors (Lipinski definition) is 0. The fourth-order valence-corrected chi connectivity index (χ4v) is 0.619. The second-order valence-corrected chi connectivity index (χ2v) is 2.88. The molecule has 0 aromatic rings. The maximum Gasteiger partial charge on any atom is 0.162 e. The molecule has 11 heavy (non-hydrogen) atoms. The minimum Gasteiger partial charge on any atom is -0.294 e. The molecule has 0 rings (SSSR count). The molecule has 0 saturated carbocycles. The van der Waals surface area contributed by atoms with Gasteiger partial charge < -0.3 is 0 Å². The van der Waals surface area contributed by atoms with Crippen molar-refractivity contribution < 1.29 is 4.79 Å². The molecular weight excluding hydrogens is 136 g/mol. The molecule has 62 valence electrons. The first kappa shape index (κ1) is 10.2. The normalized spacial score (nSPS) is 11.1. The summed E-state index contributed by atoms with van der Waals surface area (Å²) in [6.07, 6.45) is 4.34. The van der Waals surface area contributed by atoms with E-state index < -0.39 is 0 Å². The molecule has 1 heteroatoms. The third kappa shape index (κ3) is 4.54. The standard InChI is InChI=1S/C10H16O/c1-5-9(4)10(11)7-6-8(2)3/h5-6H,7H2,1-4H3/b9-5+. The Labute approximate surface area is 68.8 Å². The van der Waals surface area contributed by atoms with Crippen LogP contribution in [0.2, 0.25) is 0 Å². The van der Waals surface area contributed by atoms with E-state index in [1.807, 2.05) is 39.8 Å². The summed E-state index contributed by atoms with van der Waals surface area (Å²) in [5.41, 5.74) is 2.05. The maximum absolute atomic E-state index is 11.2. The molecule has 0 amide bonds. The molecule has 0 unspecified atom stereocenters. The fraction of sp³-hybridized carbons (Fsp3) is 0.500. The van der Waals surface area contributed by atoms with E-state index in [2.05, 4.69) is 0 Å². The monoisotopic (exact) mass is 152 g/mol. The van der Waals surface area contributed by atoms with Crippen LogP contribution in [0.3, 0.4) is 0 Å². The number of carbonyl (C=O) groups excluding carboxylic acids is 1. The van der Waals surface area contributed by atoms with Crippen molar-refractivity contribution in [2.45, 2.75) is 34.1 Å². The van der Waals surface area contributed by atoms with Crippen LogP contribution in [0.5, 0.6) is 0 Å². The van der Waals surface area contributed by atoms with Crippen LogP contribution in [0.15, 0.2) is 23.3 Å². The van der Waals surface area contributed by atoms with Crippen molar-refractivity contribution in [2.75, 3.05) is 0 Å². The summed E-state index contributed by atoms with van der Waals surface area (Å²) in [7, 11) is 0. The SMILES string of the molecule is C/C=C(\C)C(=O)CC=C(C)C. The number of rotatable bonds is 3. The molecule has 0 spiro atoms. The number of ketones is 1. The van der Waals surface area contributed by atoms with Crippen molar-refractivity contribution in [3.05, 3.63) is 23.3 Å². The number of hydrogen-bond acceptors (Lipinski definition) is 1. The van der Waals surface area contributed by atoms with E-state index in [4.69, 9.17) is 0 Å². The Morgan fingerprint density at radius 2 is 1.82 bits per heavy atom. The van der Waals surface area contributed by atoms with E-state index in [9.17, 15) is 4.79 Å². The zero-order valence-corrected chi connectivity index (χ0v) is 7.77. The van der Waals surface area contributed by atoms with Gasteiger partial charge in [0.15, 0.2) is 5.78 Å². The maximum atomic E-state index is 11.2. The van der Waals surface area contributed by atoms with E-state index in [-0.39, 0.29) is 5.78 Å². The minimum absolute atomic E-state index is 0.216. The summed E-state index contributed by atoms with van der Waals surface area (Å²) in [6, 6.07) is 0. The van der Waals surface area contributed by atoms with Gasteiger partial charge in [0, 0.05) is 6.42 Å². The van der Waals surface area contributed by atoms with Gasteiger partial charge in [-0.15, -0.1) is 0 Å². The lowest BCUT2D eigenvalue weighted by atomic mass is 10.1. The average Bonchev–Trinajstić information content (AvgIpc) is 1.98. The highest BCUT2D eigenvalue weighted by Gasteiger charge is 1.99. The summed E-state index contributed by atoms with van der Waals surface area (Å²) in [5.74, 6) is 0.216. The van der Waals surface area contributed by atoms with Crippen molar-refractivity contribution in [1.82, 2.24) is 0 Å². The largest absolute Gasteiger partial charge is 0.294 e. The molecule has 0 atom stereocenters. The van der Waals surface area contributed by atoms with Crippen LogP contribution in [0, 0.1) is 0 Å². The number of allylic oxidation sites excluding steroid dienone is 4. The Bertz CT molecular complexity index is 193. The van der Waals surface area contributed by atoms with E-state index in [0.717, 1.165) is 5.57 Å². The molecule has 0 aliphatic heterocycles. The highest BCUT2D eigenvalue weighted by Crippen LogP contribution is 2.01. The molecule has 0 aliphatic rings. The van der Waals surface area contributed by atoms with Gasteiger partial charge in [-0.05, 0) is 33.3 Å². The van der Waals surface area contributed by atoms with E-state index in [1.165, 1.54) is 5.57 Å². The van der Waals surface area contributed by atoms with Crippen LogP contribution in [0.25, 0.3) is 0 Å². The number of carbonyl (C=O) groups is 1. The zero-order valence-electron chi connectivity index (χ0n) is 7.77. The van der Waals surface area contributed by atoms with Gasteiger partial charge in [-0.25, -0.2) is 0 Å². The summed E-state index contributed by atoms with van der Waals surface area (Å²) in [5, 5.41) is 0. The van der Waals surface area contributed by atoms with Gasteiger partial charge in [0.1, 0.15) is 0 Å². The molecular formula is C10H16O. The van der Waals surface area contributed by atoms with Gasteiger partial charge >= 0.3 is 0 Å². The van der Waals surface area contributed by atoms with Crippen molar-refractivity contribution in [3.63, 3.8) is 0 Å². The van der Waals surface area contributed by atoms with Gasteiger partial charge in [-0.1, -0.05) is 17.7 Å². The van der Waals surface area contributed by atoms with Crippen LogP contribution in [0.1, 0.15) is 34.1 Å². The molecule has 0 radical (unpaired) electrons. The lowest BCUT2D eigenvalue weighted by Gasteiger charge is -1.95. The molecule has 0 bridgehead atoms. The van der Waals surface area contributed by atoms with E-state index >= 15 is 0 Å². The Kier molecular flexibility index (Phi) is 4.51. The Morgan fingerprint density at radius 1 is 1.27 bits per heavy atom. The molecule has 0 aromatic heterocycles. The molecule has 0 fully saturated rings. The number of Topliss-reactive ketones (excluding diaryl/α,β-unsaturated/α-hetero) is 1. The predicted molar refractivity (Wildman–Crippen MR) is 48.5 cm³/mol. The third-order valence-corrected chi connectivity index (χ3v) is 1.57. The Hall–Kier alpha value is -0.850. The third-order valence-electron chi connectivity index (χ3n) is 1.57. The van der Waals surface area contributed by atoms with E-state index in [0.29, 0.717) is 6.42 Å². The van der Waals surface area contributed by atoms with Crippen LogP contribution in [-0.2, 0) is 4.79 Å². The lowest BCUT2D eigenvalue weighted by Crippen LogP contribution is -1.96. The van der Waals surface area contributed by atoms with Gasteiger partial charge in [0.05, 0.1) is 0 Å². The molecule has 0 aromatic carbocycles. The van der Waals surface area contributed by atoms with E-state index in [1.54, 1.807) is 0 Å². The van der Waals surface area contributed by atoms with Crippen molar-refractivity contribution >= 4 is 5.78 Å². The van der Waals surface area contributed by atoms with Crippen LogP contribution in [0.4, 0.5) is 0 Å². The first-order chi connectivity index (χ1) is 5.07. The second kappa shape index (κ2) is 4.89. The van der Waals surface area contributed by atoms with Gasteiger partial charge in [0.25, 0.3) is 0 Å². The molecule has 0 N–H and O–H groups in total. The highest BCUT2D eigenvalue weighted by molar-refractivity contribution is 5.95. The van der Waals surface area contributed by atoms with Crippen LogP contribution >= 0.6 is 0 Å². The lowest BCUT2D eigenvalue weighted by molar-refractivity contribution is -0.114. The second-order valence-electron chi connectivity index (χ2n) is 2.88. The molecule has 0 heterocycles. The average molecular weight is 152 g/mol. The Morgan fingerprint density at radius 3 is 2.18 bits per heavy atom.